The van der Waals surface area contributed by atoms with Crippen LogP contribution in [0.3, 0.4) is 0 Å². The Balaban J connectivity index is 2.29. The van der Waals surface area contributed by atoms with E-state index in [0.717, 1.165) is 57.8 Å². The summed E-state index contributed by atoms with van der Waals surface area (Å²) in [5, 5.41) is 40.2. The first-order valence-corrected chi connectivity index (χ1v) is 26.5. The second-order valence-electron chi connectivity index (χ2n) is 18.0. The zero-order chi connectivity index (χ0) is 48.0. The molecule has 1 aliphatic heterocycles. The maximum absolute atomic E-state index is 12.8. The fraction of sp³-hybridized carbons (Fsp3) is 0.750. The summed E-state index contributed by atoms with van der Waals surface area (Å²) in [7, 11) is 0. The summed E-state index contributed by atoms with van der Waals surface area (Å²) in [5.41, 5.74) is 0. The molecule has 10 heteroatoms. The van der Waals surface area contributed by atoms with Gasteiger partial charge in [-0.05, 0) is 51.4 Å². The van der Waals surface area contributed by atoms with Crippen molar-refractivity contribution >= 4 is 11.9 Å². The third-order valence-electron chi connectivity index (χ3n) is 11.9. The molecule has 1 saturated heterocycles. The number of esters is 2. The van der Waals surface area contributed by atoms with E-state index in [9.17, 15) is 30.0 Å². The minimum absolute atomic E-state index is 0.149. The number of aliphatic hydroxyl groups excluding tert-OH is 4. The SMILES string of the molecule is CC/C=C/C/C=C/C/C=C/C/C=C/C/C=C/C/C=C/CCC(=O)OC[C@H](CO[C@@H]1O[C@H](CO)[C@H](O)C(O)C1O)OC(=O)CCCCCCCCCCCCCCCCCCCCCCCC. The van der Waals surface area contributed by atoms with Crippen LogP contribution in [0.4, 0.5) is 0 Å². The molecule has 0 amide bonds. The van der Waals surface area contributed by atoms with Crippen LogP contribution in [0.5, 0.6) is 0 Å². The fourth-order valence-corrected chi connectivity index (χ4v) is 7.75. The lowest BCUT2D eigenvalue weighted by Crippen LogP contribution is -2.59. The van der Waals surface area contributed by atoms with Gasteiger partial charge in [-0.1, -0.05) is 222 Å². The van der Waals surface area contributed by atoms with Crippen LogP contribution in [0.25, 0.3) is 0 Å². The van der Waals surface area contributed by atoms with Crippen molar-refractivity contribution in [3.05, 3.63) is 72.9 Å². The van der Waals surface area contributed by atoms with Crippen LogP contribution in [0.2, 0.25) is 0 Å². The molecular formula is C56H96O10. The Kier molecular flexibility index (Phi) is 42.5. The molecule has 1 aliphatic rings. The van der Waals surface area contributed by atoms with E-state index in [1.54, 1.807) is 0 Å². The van der Waals surface area contributed by atoms with Gasteiger partial charge in [0.15, 0.2) is 12.4 Å². The smallest absolute Gasteiger partial charge is 0.306 e. The number of carbonyl (C=O) groups excluding carboxylic acids is 2. The zero-order valence-electron chi connectivity index (χ0n) is 41.7. The third-order valence-corrected chi connectivity index (χ3v) is 11.9. The average molecular weight is 929 g/mol. The van der Waals surface area contributed by atoms with E-state index in [0.29, 0.717) is 12.8 Å². The first-order valence-electron chi connectivity index (χ1n) is 26.5. The van der Waals surface area contributed by atoms with Crippen LogP contribution in [0.15, 0.2) is 72.9 Å². The van der Waals surface area contributed by atoms with Crippen LogP contribution in [0, 0.1) is 0 Å². The Hall–Kier alpha value is -2.86. The summed E-state index contributed by atoms with van der Waals surface area (Å²) in [6.07, 6.45) is 52.1. The fourth-order valence-electron chi connectivity index (χ4n) is 7.75. The number of allylic oxidation sites excluding steroid dienone is 12. The van der Waals surface area contributed by atoms with Crippen molar-refractivity contribution in [2.75, 3.05) is 19.8 Å². The molecule has 66 heavy (non-hydrogen) atoms. The average Bonchev–Trinajstić information content (AvgIpc) is 3.32. The molecule has 0 aromatic heterocycles. The molecule has 6 atom stereocenters. The van der Waals surface area contributed by atoms with Crippen LogP contribution >= 0.6 is 0 Å². The summed E-state index contributed by atoms with van der Waals surface area (Å²) in [4.78, 5) is 25.4. The summed E-state index contributed by atoms with van der Waals surface area (Å²) in [5.74, 6) is -0.900. The molecular weight excluding hydrogens is 833 g/mol. The lowest BCUT2D eigenvalue weighted by molar-refractivity contribution is -0.305. The van der Waals surface area contributed by atoms with Crippen LogP contribution < -0.4 is 0 Å². The van der Waals surface area contributed by atoms with Crippen molar-refractivity contribution in [3.8, 4) is 0 Å². The number of aliphatic hydroxyl groups is 4. The number of hydrogen-bond acceptors (Lipinski definition) is 10. The summed E-state index contributed by atoms with van der Waals surface area (Å²) >= 11 is 0. The summed E-state index contributed by atoms with van der Waals surface area (Å²) in [6, 6.07) is 0. The molecule has 1 rings (SSSR count). The predicted octanol–water partition coefficient (Wildman–Crippen LogP) is 12.7. The molecule has 1 fully saturated rings. The van der Waals surface area contributed by atoms with E-state index in [1.807, 2.05) is 12.2 Å². The van der Waals surface area contributed by atoms with E-state index in [2.05, 4.69) is 74.6 Å². The third kappa shape index (κ3) is 36.2. The molecule has 2 unspecified atom stereocenters. The van der Waals surface area contributed by atoms with Gasteiger partial charge < -0.3 is 39.4 Å². The van der Waals surface area contributed by atoms with Gasteiger partial charge in [0.2, 0.25) is 0 Å². The van der Waals surface area contributed by atoms with E-state index in [1.165, 1.54) is 116 Å². The Morgan fingerprint density at radius 1 is 0.485 bits per heavy atom. The number of carbonyl (C=O) groups is 2. The highest BCUT2D eigenvalue weighted by Gasteiger charge is 2.44. The molecule has 0 saturated carbocycles. The monoisotopic (exact) mass is 929 g/mol. The van der Waals surface area contributed by atoms with Crippen molar-refractivity contribution in [3.63, 3.8) is 0 Å². The quantitative estimate of drug-likeness (QED) is 0.0264. The zero-order valence-corrected chi connectivity index (χ0v) is 41.7. The highest BCUT2D eigenvalue weighted by molar-refractivity contribution is 5.70. The molecule has 0 aliphatic carbocycles. The van der Waals surface area contributed by atoms with Crippen LogP contribution in [-0.2, 0) is 28.5 Å². The van der Waals surface area contributed by atoms with Crippen molar-refractivity contribution in [2.45, 2.75) is 250 Å². The van der Waals surface area contributed by atoms with Gasteiger partial charge in [0.1, 0.15) is 31.0 Å². The first kappa shape index (κ1) is 61.2. The van der Waals surface area contributed by atoms with E-state index >= 15 is 0 Å². The first-order chi connectivity index (χ1) is 32.3. The largest absolute Gasteiger partial charge is 0.462 e. The lowest BCUT2D eigenvalue weighted by Gasteiger charge is -2.39. The van der Waals surface area contributed by atoms with Crippen LogP contribution in [0.1, 0.15) is 213 Å². The Morgan fingerprint density at radius 2 is 0.894 bits per heavy atom. The maximum Gasteiger partial charge on any atom is 0.306 e. The number of ether oxygens (including phenoxy) is 4. The van der Waals surface area contributed by atoms with Gasteiger partial charge in [-0.3, -0.25) is 9.59 Å². The Labute approximate surface area is 402 Å². The van der Waals surface area contributed by atoms with E-state index in [4.69, 9.17) is 18.9 Å². The molecule has 4 N–H and O–H groups in total. The molecule has 0 spiro atoms. The van der Waals surface area contributed by atoms with Crippen LogP contribution in [-0.4, -0.2) is 89.0 Å². The lowest BCUT2D eigenvalue weighted by atomic mass is 9.99. The molecule has 0 bridgehead atoms. The van der Waals surface area contributed by atoms with Gasteiger partial charge in [0, 0.05) is 12.8 Å². The minimum atomic E-state index is -1.61. The van der Waals surface area contributed by atoms with Gasteiger partial charge >= 0.3 is 11.9 Å². The topological polar surface area (TPSA) is 152 Å². The van der Waals surface area contributed by atoms with Gasteiger partial charge in [-0.25, -0.2) is 0 Å². The molecule has 1 heterocycles. The molecule has 380 valence electrons. The Bertz CT molecular complexity index is 1300. The van der Waals surface area contributed by atoms with Gasteiger partial charge in [-0.2, -0.15) is 0 Å². The normalized spacial score (nSPS) is 19.8. The van der Waals surface area contributed by atoms with Gasteiger partial charge in [0.25, 0.3) is 0 Å². The summed E-state index contributed by atoms with van der Waals surface area (Å²) in [6.45, 7) is 3.26. The van der Waals surface area contributed by atoms with E-state index < -0.39 is 55.4 Å². The highest BCUT2D eigenvalue weighted by atomic mass is 16.7. The second kappa shape index (κ2) is 45.9. The number of unbranched alkanes of at least 4 members (excludes halogenated alkanes) is 21. The van der Waals surface area contributed by atoms with Crippen molar-refractivity contribution in [2.24, 2.45) is 0 Å². The standard InChI is InChI=1S/C56H96O10/c1-3-5-7-9-11-13-15-17-19-21-23-24-25-27-29-31-33-35-37-39-41-43-45-52(59)65-49(48-64-56-55(62)54(61)53(60)50(46-57)66-56)47-63-51(58)44-42-40-38-36-34-32-30-28-26-22-20-18-16-14-12-10-8-6-4-2/h6,8,12,14,18,20,26,28,32,34,38,40,49-50,53-57,60-62H,3-5,7,9-11,13,15-17,19,21-25,27,29-31,33,35-37,39,41-48H2,1-2H3/b8-6+,14-12+,20-18+,28-26+,34-32+,40-38+/t49-,50-,53+,54?,55?,56-/m1/s1. The number of hydrogen-bond donors (Lipinski definition) is 4. The van der Waals surface area contributed by atoms with Gasteiger partial charge in [-0.15, -0.1) is 0 Å². The highest BCUT2D eigenvalue weighted by Crippen LogP contribution is 2.23. The summed E-state index contributed by atoms with van der Waals surface area (Å²) < 4.78 is 22.2. The van der Waals surface area contributed by atoms with Crippen molar-refractivity contribution in [1.82, 2.24) is 0 Å². The molecule has 0 aromatic rings. The second-order valence-corrected chi connectivity index (χ2v) is 18.0. The molecule has 0 aromatic carbocycles. The maximum atomic E-state index is 12.8. The number of rotatable bonds is 44. The molecule has 10 nitrogen and oxygen atoms in total. The molecule has 0 radical (unpaired) electrons. The van der Waals surface area contributed by atoms with E-state index in [-0.39, 0.29) is 26.1 Å². The van der Waals surface area contributed by atoms with Crippen molar-refractivity contribution in [1.29, 1.82) is 0 Å². The predicted molar refractivity (Wildman–Crippen MR) is 270 cm³/mol. The Morgan fingerprint density at radius 3 is 1.32 bits per heavy atom. The minimum Gasteiger partial charge on any atom is -0.462 e. The van der Waals surface area contributed by atoms with Crippen molar-refractivity contribution < 1.29 is 49.0 Å². The van der Waals surface area contributed by atoms with Gasteiger partial charge in [0.05, 0.1) is 13.2 Å².